The van der Waals surface area contributed by atoms with Crippen molar-refractivity contribution in [1.82, 2.24) is 0 Å². The number of benzene rings is 11. The maximum atomic E-state index is 2.47. The average Bonchev–Trinajstić information content (AvgIpc) is 3.21. The highest BCUT2D eigenvalue weighted by Gasteiger charge is 2.20. The highest BCUT2D eigenvalue weighted by Crippen LogP contribution is 2.48. The molecule has 0 unspecified atom stereocenters. The second-order valence-electron chi connectivity index (χ2n) is 14.0. The van der Waals surface area contributed by atoms with Crippen LogP contribution in [0.2, 0.25) is 0 Å². The molecule has 11 aromatic carbocycles. The lowest BCUT2D eigenvalue weighted by Gasteiger charge is -2.21. The molecule has 0 aliphatic carbocycles. The summed E-state index contributed by atoms with van der Waals surface area (Å²) < 4.78 is 0. The topological polar surface area (TPSA) is 0 Å². The average molecular weight is 657 g/mol. The molecule has 0 saturated carbocycles. The molecule has 0 fully saturated rings. The zero-order valence-electron chi connectivity index (χ0n) is 28.5. The smallest absolute Gasteiger partial charge is 0.00199 e. The maximum absolute atomic E-state index is 2.47. The van der Waals surface area contributed by atoms with Gasteiger partial charge in [0.1, 0.15) is 0 Å². The van der Waals surface area contributed by atoms with Crippen molar-refractivity contribution >= 4 is 75.4 Å². The van der Waals surface area contributed by atoms with Crippen LogP contribution in [0, 0.1) is 0 Å². The van der Waals surface area contributed by atoms with Gasteiger partial charge in [0.05, 0.1) is 0 Å². The molecule has 0 heteroatoms. The Kier molecular flexibility index (Phi) is 6.35. The Balaban J connectivity index is 1.27. The van der Waals surface area contributed by atoms with Crippen LogP contribution in [0.15, 0.2) is 194 Å². The second kappa shape index (κ2) is 11.4. The van der Waals surface area contributed by atoms with Crippen molar-refractivity contribution in [3.8, 4) is 33.4 Å². The van der Waals surface area contributed by atoms with Gasteiger partial charge < -0.3 is 0 Å². The Morgan fingerprint density at radius 2 is 0.654 bits per heavy atom. The van der Waals surface area contributed by atoms with E-state index in [-0.39, 0.29) is 0 Å². The molecule has 0 atom stereocenters. The van der Waals surface area contributed by atoms with Gasteiger partial charge in [-0.1, -0.05) is 176 Å². The maximum Gasteiger partial charge on any atom is -0.00199 e. The molecule has 11 aromatic rings. The van der Waals surface area contributed by atoms with E-state index in [0.717, 1.165) is 0 Å². The molecule has 11 rings (SSSR count). The fourth-order valence-electron chi connectivity index (χ4n) is 8.85. The summed E-state index contributed by atoms with van der Waals surface area (Å²) in [6.45, 7) is 0. The summed E-state index contributed by atoms with van der Waals surface area (Å²) in [6.07, 6.45) is 0. The molecule has 0 aliphatic rings. The molecule has 0 radical (unpaired) electrons. The summed E-state index contributed by atoms with van der Waals surface area (Å²) in [5, 5.41) is 17.8. The van der Waals surface area contributed by atoms with Gasteiger partial charge in [-0.2, -0.15) is 0 Å². The molecule has 0 heterocycles. The summed E-state index contributed by atoms with van der Waals surface area (Å²) >= 11 is 0. The van der Waals surface area contributed by atoms with Gasteiger partial charge in [-0.25, -0.2) is 0 Å². The van der Waals surface area contributed by atoms with Gasteiger partial charge >= 0.3 is 0 Å². The van der Waals surface area contributed by atoms with Crippen molar-refractivity contribution in [1.29, 1.82) is 0 Å². The predicted molar refractivity (Wildman–Crippen MR) is 225 cm³/mol. The SMILES string of the molecule is c1ccc2cc3c(ccc4c(-c5ccc6c(-c7cccc8ccccc78)c7ccccc7c(-c7cccc8ccccc78)c6c5)cccc43)cc2c1. The first-order valence-electron chi connectivity index (χ1n) is 18.1. The van der Waals surface area contributed by atoms with Crippen molar-refractivity contribution in [2.45, 2.75) is 0 Å². The van der Waals surface area contributed by atoms with Crippen LogP contribution in [0.25, 0.3) is 109 Å². The summed E-state index contributed by atoms with van der Waals surface area (Å²) in [4.78, 5) is 0. The quantitative estimate of drug-likeness (QED) is 0.131. The van der Waals surface area contributed by atoms with Crippen LogP contribution in [0.5, 0.6) is 0 Å². The first kappa shape index (κ1) is 29.0. The van der Waals surface area contributed by atoms with E-state index >= 15 is 0 Å². The fraction of sp³-hybridized carbons (Fsp3) is 0. The molecule has 0 amide bonds. The van der Waals surface area contributed by atoms with E-state index < -0.39 is 0 Å². The van der Waals surface area contributed by atoms with Crippen molar-refractivity contribution in [2.75, 3.05) is 0 Å². The standard InChI is InChI=1S/C52H32/c1-2-15-36-31-49-37(30-35(36)14-1)26-28-43-41(22-11-23-42(43)49)38-27-29-48-50(32-38)52(45-25-10-17-34-13-4-6-19-40(34)45)47-21-8-7-20-46(47)51(48)44-24-9-16-33-12-3-5-18-39(33)44/h1-32H. The molecule has 0 aromatic heterocycles. The third-order valence-electron chi connectivity index (χ3n) is 11.2. The third kappa shape index (κ3) is 4.35. The molecule has 52 heavy (non-hydrogen) atoms. The third-order valence-corrected chi connectivity index (χ3v) is 11.2. The molecule has 0 spiro atoms. The minimum Gasteiger partial charge on any atom is -0.0616 e. The van der Waals surface area contributed by atoms with Gasteiger partial charge in [0, 0.05) is 0 Å². The Bertz CT molecular complexity index is 3230. The molecule has 0 bridgehead atoms. The molecule has 0 aliphatic heterocycles. The molecule has 0 saturated heterocycles. The molecule has 0 nitrogen and oxygen atoms in total. The monoisotopic (exact) mass is 656 g/mol. The second-order valence-corrected chi connectivity index (χ2v) is 14.0. The predicted octanol–water partition coefficient (Wildman–Crippen LogP) is 14.8. The minimum absolute atomic E-state index is 1.22. The van der Waals surface area contributed by atoms with Gasteiger partial charge in [0.15, 0.2) is 0 Å². The van der Waals surface area contributed by atoms with E-state index in [4.69, 9.17) is 0 Å². The first-order chi connectivity index (χ1) is 25.8. The zero-order chi connectivity index (χ0) is 34.2. The van der Waals surface area contributed by atoms with Crippen molar-refractivity contribution in [3.63, 3.8) is 0 Å². The fourth-order valence-corrected chi connectivity index (χ4v) is 8.85. The van der Waals surface area contributed by atoms with E-state index in [1.807, 2.05) is 0 Å². The van der Waals surface area contributed by atoms with Crippen LogP contribution in [-0.4, -0.2) is 0 Å². The van der Waals surface area contributed by atoms with Gasteiger partial charge in [-0.3, -0.25) is 0 Å². The van der Waals surface area contributed by atoms with Crippen LogP contribution in [0.4, 0.5) is 0 Å². The summed E-state index contributed by atoms with van der Waals surface area (Å²) in [6, 6.07) is 72.0. The Hall–Kier alpha value is -6.76. The number of rotatable bonds is 3. The molecular formula is C52H32. The lowest BCUT2D eigenvalue weighted by Crippen LogP contribution is -1.93. The molecule has 0 N–H and O–H groups in total. The van der Waals surface area contributed by atoms with Gasteiger partial charge in [-0.15, -0.1) is 0 Å². The Morgan fingerprint density at radius 3 is 1.33 bits per heavy atom. The van der Waals surface area contributed by atoms with Gasteiger partial charge in [0.25, 0.3) is 0 Å². The highest BCUT2D eigenvalue weighted by atomic mass is 14.2. The van der Waals surface area contributed by atoms with Gasteiger partial charge in [-0.05, 0) is 127 Å². The van der Waals surface area contributed by atoms with Crippen molar-refractivity contribution in [2.24, 2.45) is 0 Å². The lowest BCUT2D eigenvalue weighted by molar-refractivity contribution is 1.67. The summed E-state index contributed by atoms with van der Waals surface area (Å²) in [5.41, 5.74) is 7.56. The summed E-state index contributed by atoms with van der Waals surface area (Å²) in [5.74, 6) is 0. The normalized spacial score (nSPS) is 11.8. The van der Waals surface area contributed by atoms with Crippen LogP contribution < -0.4 is 0 Å². The summed E-state index contributed by atoms with van der Waals surface area (Å²) in [7, 11) is 0. The van der Waals surface area contributed by atoms with Crippen LogP contribution in [0.1, 0.15) is 0 Å². The molecular weight excluding hydrogens is 625 g/mol. The van der Waals surface area contributed by atoms with Gasteiger partial charge in [0.2, 0.25) is 0 Å². The van der Waals surface area contributed by atoms with E-state index in [9.17, 15) is 0 Å². The van der Waals surface area contributed by atoms with Crippen LogP contribution in [0.3, 0.4) is 0 Å². The number of hydrogen-bond acceptors (Lipinski definition) is 0. The van der Waals surface area contributed by atoms with Crippen LogP contribution >= 0.6 is 0 Å². The first-order valence-corrected chi connectivity index (χ1v) is 18.1. The van der Waals surface area contributed by atoms with E-state index in [2.05, 4.69) is 194 Å². The van der Waals surface area contributed by atoms with Crippen molar-refractivity contribution < 1.29 is 0 Å². The lowest BCUT2D eigenvalue weighted by atomic mass is 9.82. The van der Waals surface area contributed by atoms with Crippen molar-refractivity contribution in [3.05, 3.63) is 194 Å². The van der Waals surface area contributed by atoms with E-state index in [1.54, 1.807) is 0 Å². The largest absolute Gasteiger partial charge is 0.0616 e. The Morgan fingerprint density at radius 1 is 0.192 bits per heavy atom. The zero-order valence-corrected chi connectivity index (χ0v) is 28.5. The van der Waals surface area contributed by atoms with E-state index in [1.165, 1.54) is 109 Å². The Labute approximate surface area is 301 Å². The highest BCUT2D eigenvalue weighted by molar-refractivity contribution is 6.26. The minimum atomic E-state index is 1.22. The van der Waals surface area contributed by atoms with E-state index in [0.29, 0.717) is 0 Å². The molecule has 240 valence electrons. The number of fused-ring (bicyclic) bond motifs is 8. The van der Waals surface area contributed by atoms with Crippen LogP contribution in [-0.2, 0) is 0 Å². The number of hydrogen-bond donors (Lipinski definition) is 0.